The molecule has 416 valence electrons. The first-order valence-electron chi connectivity index (χ1n) is 31.5. The maximum atomic E-state index is 12.5. The molecule has 0 saturated carbocycles. The molecule has 0 bridgehead atoms. The van der Waals surface area contributed by atoms with Gasteiger partial charge in [0.05, 0.1) is 18.8 Å². The van der Waals surface area contributed by atoms with E-state index < -0.39 is 12.1 Å². The molecule has 2 unspecified atom stereocenters. The zero-order chi connectivity index (χ0) is 52.0. The second kappa shape index (κ2) is 62.6. The maximum absolute atomic E-state index is 12.5. The average Bonchev–Trinajstić information content (AvgIpc) is 3.39. The van der Waals surface area contributed by atoms with Crippen molar-refractivity contribution in [1.82, 2.24) is 5.32 Å². The normalized spacial score (nSPS) is 13.4. The number of nitrogens with one attached hydrogen (secondary N) is 1. The van der Waals surface area contributed by atoms with Crippen LogP contribution in [-0.2, 0) is 4.79 Å². The van der Waals surface area contributed by atoms with Crippen molar-refractivity contribution in [2.24, 2.45) is 0 Å². The molecular weight excluding hydrogens is 879 g/mol. The van der Waals surface area contributed by atoms with Crippen LogP contribution in [0.3, 0.4) is 0 Å². The molecule has 0 heterocycles. The smallest absolute Gasteiger partial charge is 0.220 e. The number of carbonyl (C=O) groups excluding carboxylic acids is 1. The van der Waals surface area contributed by atoms with Crippen LogP contribution >= 0.6 is 0 Å². The molecular formula is C68H121NO3. The van der Waals surface area contributed by atoms with Crippen molar-refractivity contribution in [3.63, 3.8) is 0 Å². The van der Waals surface area contributed by atoms with Gasteiger partial charge in [-0.15, -0.1) is 0 Å². The minimum Gasteiger partial charge on any atom is -0.394 e. The lowest BCUT2D eigenvalue weighted by Gasteiger charge is -2.19. The van der Waals surface area contributed by atoms with Gasteiger partial charge in [0.1, 0.15) is 0 Å². The maximum Gasteiger partial charge on any atom is 0.220 e. The highest BCUT2D eigenvalue weighted by Gasteiger charge is 2.18. The summed E-state index contributed by atoms with van der Waals surface area (Å²) in [4.78, 5) is 12.5. The van der Waals surface area contributed by atoms with Crippen LogP contribution in [0.4, 0.5) is 0 Å². The molecule has 0 aromatic carbocycles. The lowest BCUT2D eigenvalue weighted by atomic mass is 10.0. The minimum atomic E-state index is -0.865. The molecule has 0 aromatic heterocycles. The van der Waals surface area contributed by atoms with Crippen molar-refractivity contribution >= 4 is 5.91 Å². The highest BCUT2D eigenvalue weighted by Crippen LogP contribution is 2.17. The quantitative estimate of drug-likeness (QED) is 0.0420. The van der Waals surface area contributed by atoms with Crippen molar-refractivity contribution < 1.29 is 15.0 Å². The zero-order valence-electron chi connectivity index (χ0n) is 47.9. The van der Waals surface area contributed by atoms with E-state index in [1.165, 1.54) is 218 Å². The topological polar surface area (TPSA) is 69.6 Å². The fourth-order valence-corrected chi connectivity index (χ4v) is 9.32. The van der Waals surface area contributed by atoms with Crippen LogP contribution in [0.1, 0.15) is 309 Å². The van der Waals surface area contributed by atoms with Crippen molar-refractivity contribution in [1.29, 1.82) is 0 Å². The largest absolute Gasteiger partial charge is 0.394 e. The zero-order valence-corrected chi connectivity index (χ0v) is 47.9. The van der Waals surface area contributed by atoms with Crippen LogP contribution < -0.4 is 5.32 Å². The second-order valence-electron chi connectivity index (χ2n) is 21.1. The number of carbonyl (C=O) groups is 1. The van der Waals surface area contributed by atoms with E-state index in [0.717, 1.165) is 70.6 Å². The average molecular weight is 1000 g/mol. The summed E-state index contributed by atoms with van der Waals surface area (Å²) in [5, 5.41) is 23.2. The number of hydrogen-bond donors (Lipinski definition) is 3. The molecule has 72 heavy (non-hydrogen) atoms. The Kier molecular flexibility index (Phi) is 60.3. The van der Waals surface area contributed by atoms with Gasteiger partial charge in [-0.2, -0.15) is 0 Å². The summed E-state index contributed by atoms with van der Waals surface area (Å²) in [5.74, 6) is -0.0710. The molecule has 4 heteroatoms. The summed E-state index contributed by atoms with van der Waals surface area (Å²) in [7, 11) is 0. The number of allylic oxidation sites excluding steroid dienone is 15. The van der Waals surface area contributed by atoms with E-state index in [4.69, 9.17) is 0 Å². The molecule has 3 N–H and O–H groups in total. The Labute approximate surface area is 449 Å². The van der Waals surface area contributed by atoms with Crippen LogP contribution in [0, 0.1) is 0 Å². The van der Waals surface area contributed by atoms with Crippen LogP contribution in [0.15, 0.2) is 97.2 Å². The predicted octanol–water partition coefficient (Wildman–Crippen LogP) is 21.3. The number of rotatable bonds is 57. The summed E-state index contributed by atoms with van der Waals surface area (Å²) in [6.45, 7) is 4.20. The number of amides is 1. The van der Waals surface area contributed by atoms with Crippen molar-refractivity contribution in [3.8, 4) is 0 Å². The van der Waals surface area contributed by atoms with Crippen LogP contribution in [-0.4, -0.2) is 34.9 Å². The molecule has 0 aliphatic carbocycles. The monoisotopic (exact) mass is 1000 g/mol. The first kappa shape index (κ1) is 69.3. The van der Waals surface area contributed by atoms with Gasteiger partial charge in [-0.1, -0.05) is 317 Å². The Hall–Kier alpha value is -2.69. The molecule has 0 rings (SSSR count). The summed E-state index contributed by atoms with van der Waals surface area (Å²) in [5.41, 5.74) is 0. The number of aliphatic hydroxyl groups excluding tert-OH is 2. The Morgan fingerprint density at radius 2 is 0.625 bits per heavy atom. The summed E-state index contributed by atoms with van der Waals surface area (Å²) >= 11 is 0. The molecule has 4 nitrogen and oxygen atoms in total. The third-order valence-corrected chi connectivity index (χ3v) is 14.1. The highest BCUT2D eigenvalue weighted by molar-refractivity contribution is 5.76. The molecule has 0 aliphatic rings. The predicted molar refractivity (Wildman–Crippen MR) is 322 cm³/mol. The van der Waals surface area contributed by atoms with E-state index in [-0.39, 0.29) is 12.5 Å². The standard InChI is InChI=1S/C68H121NO3/c1-3-5-7-9-11-13-15-17-19-21-23-24-25-26-27-28-29-30-31-32-33-34-35-36-37-38-39-40-41-42-43-44-46-48-50-52-54-56-58-60-62-64-68(72)69-66(65-70)67(71)63-61-59-57-55-53-51-49-47-45-22-20-18-16-14-12-10-8-6-4-2/h5,7,11,13,17,19,23-24,26-27,29-30,53,55,61,63,66-67,70-71H,3-4,6,8-10,12,14-16,18,20-22,25,28,31-52,54,56-60,62,64-65H2,1-2H3,(H,69,72)/b7-5-,13-11-,19-17-,24-23-,27-26-,30-29-,55-53+,63-61+. The van der Waals surface area contributed by atoms with Gasteiger partial charge in [0.15, 0.2) is 0 Å². The number of unbranched alkanes of at least 4 members (excludes halogenated alkanes) is 36. The van der Waals surface area contributed by atoms with E-state index in [2.05, 4.69) is 104 Å². The van der Waals surface area contributed by atoms with Gasteiger partial charge in [0.2, 0.25) is 5.91 Å². The highest BCUT2D eigenvalue weighted by atomic mass is 16.3. The van der Waals surface area contributed by atoms with Crippen molar-refractivity contribution in [2.75, 3.05) is 6.61 Å². The lowest BCUT2D eigenvalue weighted by Crippen LogP contribution is -2.45. The van der Waals surface area contributed by atoms with Gasteiger partial charge in [0.25, 0.3) is 0 Å². The second-order valence-corrected chi connectivity index (χ2v) is 21.1. The van der Waals surface area contributed by atoms with E-state index >= 15 is 0 Å². The van der Waals surface area contributed by atoms with Gasteiger partial charge in [0, 0.05) is 6.42 Å². The molecule has 0 fully saturated rings. The third-order valence-electron chi connectivity index (χ3n) is 14.1. The van der Waals surface area contributed by atoms with Gasteiger partial charge >= 0.3 is 0 Å². The summed E-state index contributed by atoms with van der Waals surface area (Å²) in [6.07, 6.45) is 93.2. The van der Waals surface area contributed by atoms with Crippen molar-refractivity contribution in [2.45, 2.75) is 321 Å². The van der Waals surface area contributed by atoms with Gasteiger partial charge < -0.3 is 15.5 Å². The van der Waals surface area contributed by atoms with E-state index in [9.17, 15) is 15.0 Å². The molecule has 0 radical (unpaired) electrons. The Bertz CT molecular complexity index is 1320. The van der Waals surface area contributed by atoms with E-state index in [0.29, 0.717) is 6.42 Å². The third kappa shape index (κ3) is 58.2. The number of hydrogen-bond acceptors (Lipinski definition) is 3. The summed E-state index contributed by atoms with van der Waals surface area (Å²) < 4.78 is 0. The molecule has 0 aromatic rings. The van der Waals surface area contributed by atoms with Gasteiger partial charge in [-0.05, 0) is 83.5 Å². The lowest BCUT2D eigenvalue weighted by molar-refractivity contribution is -0.123. The van der Waals surface area contributed by atoms with E-state index in [1.54, 1.807) is 6.08 Å². The van der Waals surface area contributed by atoms with Crippen LogP contribution in [0.25, 0.3) is 0 Å². The molecule has 1 amide bonds. The Morgan fingerprint density at radius 1 is 0.347 bits per heavy atom. The fourth-order valence-electron chi connectivity index (χ4n) is 9.32. The Balaban J connectivity index is 3.47. The first-order valence-corrected chi connectivity index (χ1v) is 31.5. The fraction of sp³-hybridized carbons (Fsp3) is 0.750. The minimum absolute atomic E-state index is 0.0710. The van der Waals surface area contributed by atoms with Crippen LogP contribution in [0.5, 0.6) is 0 Å². The van der Waals surface area contributed by atoms with E-state index in [1.807, 2.05) is 6.08 Å². The van der Waals surface area contributed by atoms with Crippen LogP contribution in [0.2, 0.25) is 0 Å². The molecule has 0 aliphatic heterocycles. The first-order chi connectivity index (χ1) is 35.7. The molecule has 0 spiro atoms. The van der Waals surface area contributed by atoms with Gasteiger partial charge in [-0.25, -0.2) is 0 Å². The SMILES string of the molecule is CC/C=C\C/C=C\C/C=C\C/C=C\C/C=C\C/C=C\CCCCCCCCCCCCCCCCCCCCCCCCC(=O)NC(CO)C(O)/C=C/CC/C=C/CCCCCCCCCCCCCCC. The van der Waals surface area contributed by atoms with Crippen molar-refractivity contribution in [3.05, 3.63) is 97.2 Å². The molecule has 0 saturated heterocycles. The number of aliphatic hydroxyl groups is 2. The molecule has 2 atom stereocenters. The summed E-state index contributed by atoms with van der Waals surface area (Å²) in [6, 6.07) is -0.642. The van der Waals surface area contributed by atoms with Gasteiger partial charge in [-0.3, -0.25) is 4.79 Å². The Morgan fingerprint density at radius 3 is 0.972 bits per heavy atom.